The van der Waals surface area contributed by atoms with Crippen molar-refractivity contribution in [2.45, 2.75) is 55.8 Å². The number of alkyl halides is 3. The van der Waals surface area contributed by atoms with Crippen LogP contribution in [0.15, 0.2) is 29.2 Å². The number of carbonyl (C=O) groups excluding carboxylic acids is 1. The molecule has 3 rings (SSSR count). The number of nitrogens with zero attached hydrogens (tertiary/aromatic N) is 2. The van der Waals surface area contributed by atoms with Gasteiger partial charge >= 0.3 is 6.18 Å². The molecule has 1 N–H and O–H groups in total. The number of halogens is 3. The monoisotopic (exact) mass is 433 g/mol. The summed E-state index contributed by atoms with van der Waals surface area (Å²) < 4.78 is 66.7. The summed E-state index contributed by atoms with van der Waals surface area (Å²) in [5.74, 6) is -0.419. The summed E-state index contributed by atoms with van der Waals surface area (Å²) in [7, 11) is -4.51. The van der Waals surface area contributed by atoms with Gasteiger partial charge in [-0.05, 0) is 57.8 Å². The zero-order valence-corrected chi connectivity index (χ0v) is 17.1. The molecule has 2 fully saturated rings. The van der Waals surface area contributed by atoms with Gasteiger partial charge in [-0.3, -0.25) is 4.79 Å². The molecule has 1 amide bonds. The maximum absolute atomic E-state index is 13.2. The lowest BCUT2D eigenvalue weighted by molar-refractivity contribution is -0.139. The van der Waals surface area contributed by atoms with E-state index in [-0.39, 0.29) is 0 Å². The molecule has 0 saturated carbocycles. The molecule has 2 aliphatic rings. The number of benzene rings is 1. The summed E-state index contributed by atoms with van der Waals surface area (Å²) in [5, 5.41) is 0. The van der Waals surface area contributed by atoms with Crippen molar-refractivity contribution in [3.05, 3.63) is 29.8 Å². The van der Waals surface area contributed by atoms with Gasteiger partial charge in [-0.15, -0.1) is 0 Å². The van der Waals surface area contributed by atoms with Crippen LogP contribution in [0.5, 0.6) is 0 Å². The number of likely N-dealkylation sites (tertiary alicyclic amines) is 2. The van der Waals surface area contributed by atoms with Crippen molar-refractivity contribution in [3.8, 4) is 0 Å². The third kappa shape index (κ3) is 5.10. The van der Waals surface area contributed by atoms with Crippen LogP contribution in [-0.4, -0.2) is 62.4 Å². The minimum Gasteiger partial charge on any atom is -0.341 e. The Balaban J connectivity index is 1.64. The van der Waals surface area contributed by atoms with E-state index in [1.807, 2.05) is 0 Å². The highest BCUT2D eigenvalue weighted by Crippen LogP contribution is 2.34. The summed E-state index contributed by atoms with van der Waals surface area (Å²) in [5.41, 5.74) is -1.25. The first-order valence-corrected chi connectivity index (χ1v) is 11.3. The molecule has 1 atom stereocenters. The number of hydrogen-bond donors (Lipinski definition) is 1. The van der Waals surface area contributed by atoms with Gasteiger partial charge in [0.1, 0.15) is 0 Å². The highest BCUT2D eigenvalue weighted by atomic mass is 32.2. The van der Waals surface area contributed by atoms with Gasteiger partial charge < -0.3 is 9.80 Å². The third-order valence-electron chi connectivity index (χ3n) is 5.62. The van der Waals surface area contributed by atoms with E-state index in [0.717, 1.165) is 38.1 Å². The molecule has 0 aromatic heterocycles. The first kappa shape index (κ1) is 22.0. The topological polar surface area (TPSA) is 69.7 Å². The molecular formula is C19H26F3N3O3S. The Morgan fingerprint density at radius 3 is 2.28 bits per heavy atom. The summed E-state index contributed by atoms with van der Waals surface area (Å²) in [4.78, 5) is 15.8. The van der Waals surface area contributed by atoms with Gasteiger partial charge in [0, 0.05) is 19.1 Å². The van der Waals surface area contributed by atoms with Crippen LogP contribution in [0.4, 0.5) is 13.2 Å². The molecule has 29 heavy (non-hydrogen) atoms. The normalized spacial score (nSPS) is 20.8. The molecule has 2 heterocycles. The lowest BCUT2D eigenvalue weighted by Gasteiger charge is -2.37. The van der Waals surface area contributed by atoms with Crippen molar-refractivity contribution in [1.29, 1.82) is 0 Å². The Hall–Kier alpha value is -1.65. The quantitative estimate of drug-likeness (QED) is 0.775. The molecule has 10 heteroatoms. The number of rotatable bonds is 5. The molecule has 1 aromatic carbocycles. The molecule has 162 valence electrons. The number of piperidine rings is 1. The summed E-state index contributed by atoms with van der Waals surface area (Å²) in [6, 6.07) is 3.24. The Morgan fingerprint density at radius 1 is 1.10 bits per heavy atom. The molecule has 0 spiro atoms. The number of sulfonamides is 1. The summed E-state index contributed by atoms with van der Waals surface area (Å²) in [6.07, 6.45) is -0.783. The van der Waals surface area contributed by atoms with E-state index in [1.54, 1.807) is 4.90 Å². The lowest BCUT2D eigenvalue weighted by Crippen LogP contribution is -2.51. The van der Waals surface area contributed by atoms with Crippen molar-refractivity contribution in [2.75, 3.05) is 26.2 Å². The number of amides is 1. The fourth-order valence-electron chi connectivity index (χ4n) is 4.11. The lowest BCUT2D eigenvalue weighted by atomic mass is 10.0. The van der Waals surface area contributed by atoms with Gasteiger partial charge in [-0.25, -0.2) is 8.42 Å². The van der Waals surface area contributed by atoms with Gasteiger partial charge in [0.25, 0.3) is 0 Å². The van der Waals surface area contributed by atoms with E-state index >= 15 is 0 Å². The fraction of sp³-hybridized carbons (Fsp3) is 0.632. The minimum absolute atomic E-state index is 0.419. The molecule has 0 unspecified atom stereocenters. The largest absolute Gasteiger partial charge is 0.417 e. The Bertz CT molecular complexity index is 831. The van der Waals surface area contributed by atoms with E-state index in [1.165, 1.54) is 25.8 Å². The molecule has 1 aromatic rings. The van der Waals surface area contributed by atoms with E-state index in [9.17, 15) is 26.4 Å². The molecular weight excluding hydrogens is 407 g/mol. The first-order valence-electron chi connectivity index (χ1n) is 9.81. The van der Waals surface area contributed by atoms with Crippen LogP contribution in [-0.2, 0) is 21.0 Å². The number of hydrogen-bond acceptors (Lipinski definition) is 4. The molecule has 0 radical (unpaired) electrons. The molecule has 6 nitrogen and oxygen atoms in total. The van der Waals surface area contributed by atoms with E-state index in [2.05, 4.69) is 9.62 Å². The maximum Gasteiger partial charge on any atom is 0.417 e. The van der Waals surface area contributed by atoms with Crippen molar-refractivity contribution >= 4 is 15.9 Å². The van der Waals surface area contributed by atoms with Crippen molar-refractivity contribution in [1.82, 2.24) is 14.5 Å². The third-order valence-corrected chi connectivity index (χ3v) is 7.22. The van der Waals surface area contributed by atoms with Crippen LogP contribution in [0.3, 0.4) is 0 Å². The number of nitrogens with one attached hydrogen (secondary N) is 1. The predicted octanol–water partition coefficient (Wildman–Crippen LogP) is 2.46. The second-order valence-electron chi connectivity index (χ2n) is 7.64. The minimum atomic E-state index is -4.81. The summed E-state index contributed by atoms with van der Waals surface area (Å²) >= 11 is 0. The van der Waals surface area contributed by atoms with E-state index in [4.69, 9.17) is 0 Å². The van der Waals surface area contributed by atoms with E-state index in [0.29, 0.717) is 25.2 Å². The highest BCUT2D eigenvalue weighted by molar-refractivity contribution is 7.89. The second-order valence-corrected chi connectivity index (χ2v) is 9.32. The molecule has 0 bridgehead atoms. The van der Waals surface area contributed by atoms with Crippen LogP contribution in [0.2, 0.25) is 0 Å². The highest BCUT2D eigenvalue weighted by Gasteiger charge is 2.38. The van der Waals surface area contributed by atoms with Gasteiger partial charge in [-0.1, -0.05) is 12.1 Å². The van der Waals surface area contributed by atoms with E-state index < -0.39 is 38.6 Å². The maximum atomic E-state index is 13.2. The van der Waals surface area contributed by atoms with Gasteiger partial charge in [0.15, 0.2) is 0 Å². The molecule has 0 aliphatic carbocycles. The second kappa shape index (κ2) is 8.61. The first-order chi connectivity index (χ1) is 13.6. The van der Waals surface area contributed by atoms with Crippen LogP contribution in [0, 0.1) is 0 Å². The Kier molecular flexibility index (Phi) is 6.54. The van der Waals surface area contributed by atoms with Crippen LogP contribution < -0.4 is 4.72 Å². The van der Waals surface area contributed by atoms with Gasteiger partial charge in [0.05, 0.1) is 16.5 Å². The van der Waals surface area contributed by atoms with Crippen molar-refractivity contribution in [2.24, 2.45) is 0 Å². The Morgan fingerprint density at radius 2 is 1.69 bits per heavy atom. The average Bonchev–Trinajstić information content (AvgIpc) is 3.21. The number of carbonyl (C=O) groups is 1. The van der Waals surface area contributed by atoms with Crippen LogP contribution in [0.1, 0.15) is 38.2 Å². The van der Waals surface area contributed by atoms with Gasteiger partial charge in [0.2, 0.25) is 15.9 Å². The standard InChI is InChI=1S/C19H26F3N3O3S/c1-14(18(26)25-12-8-15(9-13-25)24-10-4-5-11-24)23-29(27,28)17-7-3-2-6-16(17)19(20,21)22/h2-3,6-7,14-15,23H,4-5,8-13H2,1H3/t14-/m0/s1. The van der Waals surface area contributed by atoms with Crippen molar-refractivity contribution < 1.29 is 26.4 Å². The summed E-state index contributed by atoms with van der Waals surface area (Å²) in [6.45, 7) is 4.56. The molecule has 2 saturated heterocycles. The fourth-order valence-corrected chi connectivity index (χ4v) is 5.54. The smallest absolute Gasteiger partial charge is 0.341 e. The average molecular weight is 433 g/mol. The zero-order chi connectivity index (χ0) is 21.2. The van der Waals surface area contributed by atoms with Crippen LogP contribution >= 0.6 is 0 Å². The Labute approximate surface area is 169 Å². The van der Waals surface area contributed by atoms with Gasteiger partial charge in [-0.2, -0.15) is 17.9 Å². The zero-order valence-electron chi connectivity index (χ0n) is 16.3. The SMILES string of the molecule is C[C@H](NS(=O)(=O)c1ccccc1C(F)(F)F)C(=O)N1CCC(N2CCCC2)CC1. The van der Waals surface area contributed by atoms with Crippen LogP contribution in [0.25, 0.3) is 0 Å². The predicted molar refractivity (Wildman–Crippen MR) is 102 cm³/mol. The van der Waals surface area contributed by atoms with Crippen molar-refractivity contribution in [3.63, 3.8) is 0 Å². The molecule has 2 aliphatic heterocycles.